The minimum Gasteiger partial charge on any atom is -0.333 e. The van der Waals surface area contributed by atoms with Crippen LogP contribution in [0.15, 0.2) is 16.7 Å². The topological polar surface area (TPSA) is 111 Å². The lowest BCUT2D eigenvalue weighted by atomic mass is 9.99. The van der Waals surface area contributed by atoms with Crippen LogP contribution in [0.5, 0.6) is 0 Å². The largest absolute Gasteiger partial charge is 0.333 e. The second-order valence-corrected chi connectivity index (χ2v) is 8.97. The normalized spacial score (nSPS) is 16.9. The monoisotopic (exact) mass is 392 g/mol. The minimum absolute atomic E-state index is 0. The molecule has 0 radical (unpaired) electrons. The molecular weight excluding hydrogens is 372 g/mol. The minimum atomic E-state index is -3.15. The Labute approximate surface area is 151 Å². The van der Waals surface area contributed by atoms with E-state index in [0.717, 1.165) is 41.7 Å². The van der Waals surface area contributed by atoms with Gasteiger partial charge in [-0.15, -0.1) is 23.7 Å². The third kappa shape index (κ3) is 4.54. The van der Waals surface area contributed by atoms with Crippen LogP contribution >= 0.6 is 23.7 Å². The van der Waals surface area contributed by atoms with Gasteiger partial charge in [0.1, 0.15) is 0 Å². The fourth-order valence-electron chi connectivity index (χ4n) is 2.74. The van der Waals surface area contributed by atoms with Gasteiger partial charge in [0.05, 0.1) is 16.7 Å². The van der Waals surface area contributed by atoms with Crippen LogP contribution in [0.4, 0.5) is 0 Å². The van der Waals surface area contributed by atoms with Crippen LogP contribution < -0.4 is 10.5 Å². The number of thiophene rings is 1. The highest BCUT2D eigenvalue weighted by Gasteiger charge is 2.36. The molecule has 3 rings (SSSR count). The molecule has 1 fully saturated rings. The van der Waals surface area contributed by atoms with Crippen molar-refractivity contribution in [3.8, 4) is 10.8 Å². The fraction of sp³-hybridized carbons (Fsp3) is 0.571. The number of hydrogen-bond acceptors (Lipinski definition) is 7. The SMILES string of the molecule is CS(=O)(=O)NCCc1ccc(-c2nc(C3(N)CCCC3)no2)s1.Cl. The lowest BCUT2D eigenvalue weighted by Gasteiger charge is -2.17. The van der Waals surface area contributed by atoms with E-state index in [-0.39, 0.29) is 12.4 Å². The Morgan fingerprint density at radius 1 is 1.38 bits per heavy atom. The first-order chi connectivity index (χ1) is 10.9. The van der Waals surface area contributed by atoms with Crippen molar-refractivity contribution in [2.24, 2.45) is 5.73 Å². The van der Waals surface area contributed by atoms with Gasteiger partial charge in [0.2, 0.25) is 10.0 Å². The van der Waals surface area contributed by atoms with Gasteiger partial charge < -0.3 is 10.3 Å². The highest BCUT2D eigenvalue weighted by Crippen LogP contribution is 2.36. The zero-order chi connectivity index (χ0) is 16.5. The summed E-state index contributed by atoms with van der Waals surface area (Å²) in [5, 5.41) is 4.05. The third-order valence-electron chi connectivity index (χ3n) is 3.98. The van der Waals surface area contributed by atoms with E-state index in [9.17, 15) is 8.42 Å². The zero-order valence-electron chi connectivity index (χ0n) is 13.3. The van der Waals surface area contributed by atoms with E-state index in [1.54, 1.807) is 0 Å². The molecule has 0 unspecified atom stereocenters. The molecule has 0 amide bonds. The van der Waals surface area contributed by atoms with Gasteiger partial charge in [-0.25, -0.2) is 13.1 Å². The Kier molecular flexibility index (Phi) is 6.03. The summed E-state index contributed by atoms with van der Waals surface area (Å²) in [5.74, 6) is 1.06. The summed E-state index contributed by atoms with van der Waals surface area (Å²) in [6.07, 6.45) is 5.74. The molecule has 134 valence electrons. The molecule has 0 aliphatic heterocycles. The first kappa shape index (κ1) is 19.3. The molecule has 1 aliphatic rings. The number of nitrogens with two attached hydrogens (primary N) is 1. The Hall–Kier alpha value is -1.00. The molecular formula is C14H21ClN4O3S2. The number of nitrogens with one attached hydrogen (secondary N) is 1. The predicted molar refractivity (Wildman–Crippen MR) is 95.7 cm³/mol. The van der Waals surface area contributed by atoms with Crippen molar-refractivity contribution in [2.75, 3.05) is 12.8 Å². The Morgan fingerprint density at radius 3 is 2.75 bits per heavy atom. The standard InChI is InChI=1S/C14H20N4O3S2.ClH/c1-23(19,20)16-9-6-10-4-5-11(22-10)12-17-13(18-21-12)14(15)7-2-3-8-14;/h4-5,16H,2-3,6-9,15H2,1H3;1H. The molecule has 10 heteroatoms. The second kappa shape index (κ2) is 7.49. The lowest BCUT2D eigenvalue weighted by Crippen LogP contribution is -2.34. The van der Waals surface area contributed by atoms with Crippen molar-refractivity contribution >= 4 is 33.8 Å². The summed E-state index contributed by atoms with van der Waals surface area (Å²) in [4.78, 5) is 6.39. The van der Waals surface area contributed by atoms with E-state index in [0.29, 0.717) is 24.7 Å². The molecule has 0 aromatic carbocycles. The average Bonchev–Trinajstić information content (AvgIpc) is 3.15. The molecule has 1 saturated carbocycles. The Morgan fingerprint density at radius 2 is 2.08 bits per heavy atom. The van der Waals surface area contributed by atoms with Crippen molar-refractivity contribution in [3.05, 3.63) is 22.8 Å². The van der Waals surface area contributed by atoms with E-state index in [4.69, 9.17) is 10.3 Å². The molecule has 0 saturated heterocycles. The molecule has 3 N–H and O–H groups in total. The van der Waals surface area contributed by atoms with E-state index in [1.165, 1.54) is 11.3 Å². The molecule has 2 heterocycles. The van der Waals surface area contributed by atoms with E-state index >= 15 is 0 Å². The van der Waals surface area contributed by atoms with Crippen molar-refractivity contribution in [1.82, 2.24) is 14.9 Å². The number of aromatic nitrogens is 2. The van der Waals surface area contributed by atoms with E-state index in [2.05, 4.69) is 14.9 Å². The Bertz CT molecular complexity index is 782. The maximum atomic E-state index is 11.1. The fourth-order valence-corrected chi connectivity index (χ4v) is 4.14. The van der Waals surface area contributed by atoms with Gasteiger partial charge in [0.25, 0.3) is 5.89 Å². The molecule has 2 aromatic rings. The van der Waals surface area contributed by atoms with Crippen LogP contribution in [0.3, 0.4) is 0 Å². The average molecular weight is 393 g/mol. The van der Waals surface area contributed by atoms with Gasteiger partial charge >= 0.3 is 0 Å². The van der Waals surface area contributed by atoms with Crippen LogP contribution in [-0.2, 0) is 22.0 Å². The van der Waals surface area contributed by atoms with E-state index < -0.39 is 15.6 Å². The predicted octanol–water partition coefficient (Wildman–Crippen LogP) is 2.04. The van der Waals surface area contributed by atoms with E-state index in [1.807, 2.05) is 12.1 Å². The van der Waals surface area contributed by atoms with Gasteiger partial charge in [-0.2, -0.15) is 4.98 Å². The highest BCUT2D eigenvalue weighted by molar-refractivity contribution is 7.88. The number of nitrogens with zero attached hydrogens (tertiary/aromatic N) is 2. The maximum Gasteiger partial charge on any atom is 0.268 e. The molecule has 1 aliphatic carbocycles. The first-order valence-electron chi connectivity index (χ1n) is 7.53. The van der Waals surface area contributed by atoms with Crippen LogP contribution in [0.2, 0.25) is 0 Å². The molecule has 2 aromatic heterocycles. The first-order valence-corrected chi connectivity index (χ1v) is 10.2. The lowest BCUT2D eigenvalue weighted by molar-refractivity contribution is 0.373. The summed E-state index contributed by atoms with van der Waals surface area (Å²) in [7, 11) is -3.15. The number of rotatable bonds is 6. The van der Waals surface area contributed by atoms with Crippen molar-refractivity contribution in [3.63, 3.8) is 0 Å². The summed E-state index contributed by atoms with van der Waals surface area (Å²) in [5.41, 5.74) is 5.88. The molecule has 0 atom stereocenters. The molecule has 0 bridgehead atoms. The molecule has 7 nitrogen and oxygen atoms in total. The van der Waals surface area contributed by atoms with Crippen LogP contribution in [0.1, 0.15) is 36.4 Å². The van der Waals surface area contributed by atoms with Crippen LogP contribution in [0, 0.1) is 0 Å². The number of sulfonamides is 1. The van der Waals surface area contributed by atoms with Crippen molar-refractivity contribution in [1.29, 1.82) is 0 Å². The van der Waals surface area contributed by atoms with Gasteiger partial charge in [-0.05, 0) is 31.4 Å². The number of halogens is 1. The molecule has 24 heavy (non-hydrogen) atoms. The van der Waals surface area contributed by atoms with Crippen molar-refractivity contribution < 1.29 is 12.9 Å². The summed E-state index contributed by atoms with van der Waals surface area (Å²) < 4.78 is 29.9. The summed E-state index contributed by atoms with van der Waals surface area (Å²) in [6.45, 7) is 0.375. The van der Waals surface area contributed by atoms with Crippen LogP contribution in [-0.4, -0.2) is 31.4 Å². The van der Waals surface area contributed by atoms with Gasteiger partial charge in [-0.3, -0.25) is 0 Å². The third-order valence-corrected chi connectivity index (χ3v) is 5.84. The number of hydrogen-bond donors (Lipinski definition) is 2. The van der Waals surface area contributed by atoms with Crippen molar-refractivity contribution in [2.45, 2.75) is 37.6 Å². The Balaban J connectivity index is 0.00000208. The van der Waals surface area contributed by atoms with Gasteiger partial charge in [0, 0.05) is 11.4 Å². The smallest absolute Gasteiger partial charge is 0.268 e. The van der Waals surface area contributed by atoms with Gasteiger partial charge in [-0.1, -0.05) is 18.0 Å². The quantitative estimate of drug-likeness (QED) is 0.778. The second-order valence-electron chi connectivity index (χ2n) is 5.97. The zero-order valence-corrected chi connectivity index (χ0v) is 15.8. The summed E-state index contributed by atoms with van der Waals surface area (Å²) >= 11 is 1.52. The highest BCUT2D eigenvalue weighted by atomic mass is 35.5. The maximum absolute atomic E-state index is 11.1. The van der Waals surface area contributed by atoms with Crippen LogP contribution in [0.25, 0.3) is 10.8 Å². The van der Waals surface area contributed by atoms with Gasteiger partial charge in [0.15, 0.2) is 5.82 Å². The summed E-state index contributed by atoms with van der Waals surface area (Å²) in [6, 6.07) is 3.86. The molecule has 0 spiro atoms.